The largest absolute Gasteiger partial charge is 0.204 e. The van der Waals surface area contributed by atoms with E-state index >= 15 is 0 Å². The van der Waals surface area contributed by atoms with E-state index < -0.39 is 11.6 Å². The highest BCUT2D eigenvalue weighted by Gasteiger charge is 2.10. The second-order valence-electron chi connectivity index (χ2n) is 5.16. The highest BCUT2D eigenvalue weighted by Crippen LogP contribution is 2.24. The number of aryl methyl sites for hydroxylation is 2. The first-order valence-corrected chi connectivity index (χ1v) is 6.40. The van der Waals surface area contributed by atoms with Crippen molar-refractivity contribution in [3.8, 4) is 0 Å². The summed E-state index contributed by atoms with van der Waals surface area (Å²) in [5, 5.41) is 0. The topological polar surface area (TPSA) is 0 Å². The molecule has 0 spiro atoms. The van der Waals surface area contributed by atoms with Crippen LogP contribution in [0.2, 0.25) is 0 Å². The molecule has 0 fully saturated rings. The van der Waals surface area contributed by atoms with Gasteiger partial charge in [-0.1, -0.05) is 12.1 Å². The van der Waals surface area contributed by atoms with Gasteiger partial charge in [0, 0.05) is 0 Å². The molecule has 0 bridgehead atoms. The van der Waals surface area contributed by atoms with Gasteiger partial charge in [0.2, 0.25) is 0 Å². The van der Waals surface area contributed by atoms with E-state index in [0.717, 1.165) is 5.56 Å². The van der Waals surface area contributed by atoms with Crippen molar-refractivity contribution in [1.82, 2.24) is 0 Å². The molecule has 19 heavy (non-hydrogen) atoms. The van der Waals surface area contributed by atoms with E-state index in [1.165, 1.54) is 39.9 Å². The zero-order valence-corrected chi connectivity index (χ0v) is 11.8. The van der Waals surface area contributed by atoms with E-state index in [9.17, 15) is 8.78 Å². The zero-order valence-electron chi connectivity index (χ0n) is 11.8. The second-order valence-corrected chi connectivity index (χ2v) is 5.16. The molecule has 0 atom stereocenters. The predicted molar refractivity (Wildman–Crippen MR) is 74.6 cm³/mol. The van der Waals surface area contributed by atoms with Gasteiger partial charge in [-0.25, -0.2) is 8.78 Å². The van der Waals surface area contributed by atoms with Crippen molar-refractivity contribution in [1.29, 1.82) is 0 Å². The standard InChI is InChI=1S/C17H18F2/c1-10-7-11(2)13(4)15(12(10)3)8-14-5-6-16(18)17(19)9-14/h5-7,9H,8H2,1-4H3. The van der Waals surface area contributed by atoms with Gasteiger partial charge in [-0.2, -0.15) is 0 Å². The molecular formula is C17H18F2. The lowest BCUT2D eigenvalue weighted by Crippen LogP contribution is -2.01. The van der Waals surface area contributed by atoms with E-state index in [-0.39, 0.29) is 0 Å². The van der Waals surface area contributed by atoms with Crippen LogP contribution in [0.25, 0.3) is 0 Å². The summed E-state index contributed by atoms with van der Waals surface area (Å²) in [6.45, 7) is 8.32. The average Bonchev–Trinajstić information content (AvgIpc) is 2.36. The third-order valence-electron chi connectivity index (χ3n) is 3.89. The van der Waals surface area contributed by atoms with Crippen molar-refractivity contribution in [3.63, 3.8) is 0 Å². The Morgan fingerprint density at radius 3 is 1.89 bits per heavy atom. The van der Waals surface area contributed by atoms with Crippen molar-refractivity contribution in [2.24, 2.45) is 0 Å². The Morgan fingerprint density at radius 1 is 0.789 bits per heavy atom. The SMILES string of the molecule is Cc1cc(C)c(C)c(Cc2ccc(F)c(F)c2)c1C. The van der Waals surface area contributed by atoms with Crippen LogP contribution in [0, 0.1) is 39.3 Å². The molecule has 0 radical (unpaired) electrons. The van der Waals surface area contributed by atoms with Crippen LogP contribution in [0.3, 0.4) is 0 Å². The molecule has 0 saturated carbocycles. The Hall–Kier alpha value is -1.70. The first-order chi connectivity index (χ1) is 8.90. The minimum atomic E-state index is -0.794. The Morgan fingerprint density at radius 2 is 1.37 bits per heavy atom. The van der Waals surface area contributed by atoms with Gasteiger partial charge in [-0.15, -0.1) is 0 Å². The molecule has 2 rings (SSSR count). The summed E-state index contributed by atoms with van der Waals surface area (Å²) in [6, 6.07) is 6.29. The van der Waals surface area contributed by atoms with E-state index in [1.807, 2.05) is 0 Å². The van der Waals surface area contributed by atoms with Gasteiger partial charge >= 0.3 is 0 Å². The number of benzene rings is 2. The lowest BCUT2D eigenvalue weighted by molar-refractivity contribution is 0.507. The van der Waals surface area contributed by atoms with Crippen LogP contribution in [0.4, 0.5) is 8.78 Å². The summed E-state index contributed by atoms with van der Waals surface area (Å²) in [4.78, 5) is 0. The maximum absolute atomic E-state index is 13.3. The molecule has 0 aliphatic heterocycles. The highest BCUT2D eigenvalue weighted by atomic mass is 19.2. The van der Waals surface area contributed by atoms with E-state index in [1.54, 1.807) is 6.07 Å². The molecule has 0 aromatic heterocycles. The molecule has 0 N–H and O–H groups in total. The fourth-order valence-electron chi connectivity index (χ4n) is 2.42. The summed E-state index contributed by atoms with van der Waals surface area (Å²) >= 11 is 0. The summed E-state index contributed by atoms with van der Waals surface area (Å²) in [7, 11) is 0. The van der Waals surface area contributed by atoms with Crippen molar-refractivity contribution >= 4 is 0 Å². The van der Waals surface area contributed by atoms with E-state index in [4.69, 9.17) is 0 Å². The Balaban J connectivity index is 2.46. The van der Waals surface area contributed by atoms with Crippen molar-refractivity contribution in [3.05, 3.63) is 69.3 Å². The fraction of sp³-hybridized carbons (Fsp3) is 0.294. The van der Waals surface area contributed by atoms with Crippen LogP contribution in [-0.2, 0) is 6.42 Å². The minimum absolute atomic E-state index is 0.636. The maximum Gasteiger partial charge on any atom is 0.159 e. The first-order valence-electron chi connectivity index (χ1n) is 6.40. The van der Waals surface area contributed by atoms with Crippen LogP contribution < -0.4 is 0 Å². The van der Waals surface area contributed by atoms with Crippen LogP contribution in [-0.4, -0.2) is 0 Å². The molecular weight excluding hydrogens is 242 g/mol. The summed E-state index contributed by atoms with van der Waals surface area (Å²) < 4.78 is 26.2. The van der Waals surface area contributed by atoms with Crippen molar-refractivity contribution < 1.29 is 8.78 Å². The molecule has 0 amide bonds. The molecule has 0 unspecified atom stereocenters. The normalized spacial score (nSPS) is 10.8. The maximum atomic E-state index is 13.3. The zero-order chi connectivity index (χ0) is 14.2. The molecule has 0 aliphatic rings. The van der Waals surface area contributed by atoms with Gasteiger partial charge in [-0.05, 0) is 79.6 Å². The van der Waals surface area contributed by atoms with Gasteiger partial charge in [0.1, 0.15) is 0 Å². The molecule has 2 heteroatoms. The smallest absolute Gasteiger partial charge is 0.159 e. The molecule has 0 aliphatic carbocycles. The van der Waals surface area contributed by atoms with E-state index in [2.05, 4.69) is 33.8 Å². The van der Waals surface area contributed by atoms with Crippen LogP contribution in [0.5, 0.6) is 0 Å². The monoisotopic (exact) mass is 260 g/mol. The second kappa shape index (κ2) is 5.12. The predicted octanol–water partition coefficient (Wildman–Crippen LogP) is 4.79. The van der Waals surface area contributed by atoms with E-state index in [0.29, 0.717) is 6.42 Å². The Labute approximate surface area is 113 Å². The summed E-state index contributed by atoms with van der Waals surface area (Å²) in [6.07, 6.45) is 0.636. The molecule has 2 aromatic rings. The van der Waals surface area contributed by atoms with Crippen LogP contribution >= 0.6 is 0 Å². The van der Waals surface area contributed by atoms with Crippen molar-refractivity contribution in [2.75, 3.05) is 0 Å². The highest BCUT2D eigenvalue weighted by molar-refractivity contribution is 5.46. The first kappa shape index (κ1) is 13.7. The Kier molecular flexibility index (Phi) is 3.70. The van der Waals surface area contributed by atoms with Gasteiger partial charge < -0.3 is 0 Å². The number of hydrogen-bond acceptors (Lipinski definition) is 0. The van der Waals surface area contributed by atoms with Crippen molar-refractivity contribution in [2.45, 2.75) is 34.1 Å². The van der Waals surface area contributed by atoms with Crippen LogP contribution in [0.15, 0.2) is 24.3 Å². The average molecular weight is 260 g/mol. The number of rotatable bonds is 2. The van der Waals surface area contributed by atoms with Gasteiger partial charge in [0.05, 0.1) is 0 Å². The molecule has 0 saturated heterocycles. The number of hydrogen-bond donors (Lipinski definition) is 0. The molecule has 100 valence electrons. The minimum Gasteiger partial charge on any atom is -0.204 e. The Bertz CT molecular complexity index is 601. The van der Waals surface area contributed by atoms with Gasteiger partial charge in [0.25, 0.3) is 0 Å². The lowest BCUT2D eigenvalue weighted by Gasteiger charge is -2.15. The molecule has 2 aromatic carbocycles. The van der Waals surface area contributed by atoms with Crippen LogP contribution in [0.1, 0.15) is 33.4 Å². The molecule has 0 heterocycles. The molecule has 0 nitrogen and oxygen atoms in total. The van der Waals surface area contributed by atoms with Gasteiger partial charge in [-0.3, -0.25) is 0 Å². The fourth-order valence-corrected chi connectivity index (χ4v) is 2.42. The quantitative estimate of drug-likeness (QED) is 0.728. The summed E-state index contributed by atoms with van der Waals surface area (Å²) in [5.74, 6) is -1.57. The summed E-state index contributed by atoms with van der Waals surface area (Å²) in [5.41, 5.74) is 6.95. The third-order valence-corrected chi connectivity index (χ3v) is 3.89. The third kappa shape index (κ3) is 2.67. The lowest BCUT2D eigenvalue weighted by atomic mass is 9.90. The number of halogens is 2. The van der Waals surface area contributed by atoms with Gasteiger partial charge in [0.15, 0.2) is 11.6 Å².